The lowest BCUT2D eigenvalue weighted by Gasteiger charge is -2.35. The van der Waals surface area contributed by atoms with E-state index in [0.29, 0.717) is 18.0 Å². The summed E-state index contributed by atoms with van der Waals surface area (Å²) in [5.74, 6) is 1.34. The number of H-pyrrole nitrogens is 1. The molecule has 1 N–H and O–H groups in total. The molecule has 0 radical (unpaired) electrons. The van der Waals surface area contributed by atoms with Crippen molar-refractivity contribution < 1.29 is 19.0 Å². The van der Waals surface area contributed by atoms with E-state index in [9.17, 15) is 4.79 Å². The van der Waals surface area contributed by atoms with Crippen LogP contribution in [0.3, 0.4) is 0 Å². The summed E-state index contributed by atoms with van der Waals surface area (Å²) in [6, 6.07) is 9.21. The molecule has 3 heterocycles. The van der Waals surface area contributed by atoms with Gasteiger partial charge < -0.3 is 19.2 Å². The zero-order valence-corrected chi connectivity index (χ0v) is 15.5. The number of fused-ring (bicyclic) bond motifs is 3. The van der Waals surface area contributed by atoms with Crippen LogP contribution in [-0.2, 0) is 11.2 Å². The molecular formula is C20H21N3O4. The molecule has 0 fully saturated rings. The van der Waals surface area contributed by atoms with E-state index in [1.54, 1.807) is 25.3 Å². The fraction of sp³-hybridized carbons (Fsp3) is 0.300. The van der Waals surface area contributed by atoms with Gasteiger partial charge in [0, 0.05) is 35.5 Å². The number of nitrogens with zero attached hydrogens (tertiary/aromatic N) is 2. The van der Waals surface area contributed by atoms with Gasteiger partial charge in [-0.1, -0.05) is 0 Å². The molecule has 7 heteroatoms. The van der Waals surface area contributed by atoms with Crippen LogP contribution in [0.2, 0.25) is 0 Å². The maximum absolute atomic E-state index is 12.5. The van der Waals surface area contributed by atoms with E-state index in [4.69, 9.17) is 14.2 Å². The Morgan fingerprint density at radius 3 is 2.81 bits per heavy atom. The number of hydrogen-bond acceptors (Lipinski definition) is 5. The molecule has 7 nitrogen and oxygen atoms in total. The summed E-state index contributed by atoms with van der Waals surface area (Å²) in [6.07, 6.45) is 2.10. The summed E-state index contributed by atoms with van der Waals surface area (Å²) in [5.41, 5.74) is 3.77. The molecule has 0 aliphatic carbocycles. The van der Waals surface area contributed by atoms with Gasteiger partial charge in [-0.15, -0.1) is 0 Å². The average molecular weight is 367 g/mol. The Bertz CT molecular complexity index is 998. The highest BCUT2D eigenvalue weighted by Gasteiger charge is 2.37. The van der Waals surface area contributed by atoms with Gasteiger partial charge in [0.05, 0.1) is 21.3 Å². The van der Waals surface area contributed by atoms with E-state index in [1.165, 1.54) is 12.7 Å². The third-order valence-electron chi connectivity index (χ3n) is 5.04. The normalized spacial score (nSPS) is 16.1. The molecule has 1 amide bonds. The molecular weight excluding hydrogens is 346 g/mol. The number of pyridine rings is 1. The van der Waals surface area contributed by atoms with Crippen molar-refractivity contribution in [3.05, 3.63) is 53.3 Å². The van der Waals surface area contributed by atoms with Crippen LogP contribution in [0.25, 0.3) is 11.0 Å². The molecule has 1 unspecified atom stereocenters. The van der Waals surface area contributed by atoms with Crippen molar-refractivity contribution in [2.24, 2.45) is 0 Å². The topological polar surface area (TPSA) is 76.7 Å². The number of nitrogens with one attached hydrogen (secondary N) is 1. The summed E-state index contributed by atoms with van der Waals surface area (Å²) in [5, 5.41) is 1.08. The lowest BCUT2D eigenvalue weighted by Crippen LogP contribution is -2.40. The molecule has 3 aromatic rings. The maximum atomic E-state index is 12.5. The van der Waals surface area contributed by atoms with Gasteiger partial charge in [0.1, 0.15) is 23.2 Å². The van der Waals surface area contributed by atoms with Crippen LogP contribution >= 0.6 is 0 Å². The number of carbonyl (C=O) groups is 1. The lowest BCUT2D eigenvalue weighted by molar-refractivity contribution is 0.108. The van der Waals surface area contributed by atoms with Gasteiger partial charge in [-0.2, -0.15) is 0 Å². The van der Waals surface area contributed by atoms with Crippen LogP contribution in [0.5, 0.6) is 11.5 Å². The first-order valence-electron chi connectivity index (χ1n) is 8.70. The standard InChI is InChI=1S/C20H21N3O4/c1-25-12-6-7-15(16(11-12)26-2)18-17-13(8-10-23(18)20(24)27-3)14-5-4-9-21-19(14)22-17/h4-7,9,11,18H,8,10H2,1-3H3,(H,21,22). The Hall–Kier alpha value is -3.22. The molecule has 0 saturated carbocycles. The molecule has 0 bridgehead atoms. The Kier molecular flexibility index (Phi) is 4.35. The molecule has 0 spiro atoms. The smallest absolute Gasteiger partial charge is 0.410 e. The second-order valence-corrected chi connectivity index (χ2v) is 6.34. The quantitative estimate of drug-likeness (QED) is 0.769. The van der Waals surface area contributed by atoms with Crippen molar-refractivity contribution in [2.45, 2.75) is 12.5 Å². The van der Waals surface area contributed by atoms with Gasteiger partial charge >= 0.3 is 6.09 Å². The number of carbonyl (C=O) groups excluding carboxylic acids is 1. The fourth-order valence-corrected chi connectivity index (χ4v) is 3.80. The molecule has 1 aliphatic heterocycles. The van der Waals surface area contributed by atoms with Crippen LogP contribution in [0, 0.1) is 0 Å². The number of aromatic nitrogens is 2. The average Bonchev–Trinajstić information content (AvgIpc) is 3.10. The van der Waals surface area contributed by atoms with Crippen LogP contribution in [0.1, 0.15) is 22.9 Å². The van der Waals surface area contributed by atoms with E-state index in [-0.39, 0.29) is 12.1 Å². The monoisotopic (exact) mass is 367 g/mol. The largest absolute Gasteiger partial charge is 0.497 e. The van der Waals surface area contributed by atoms with Crippen LogP contribution < -0.4 is 9.47 Å². The van der Waals surface area contributed by atoms with Crippen molar-refractivity contribution in [1.82, 2.24) is 14.9 Å². The third-order valence-corrected chi connectivity index (χ3v) is 5.04. The molecule has 0 saturated heterocycles. The predicted octanol–water partition coefficient (Wildman–Crippen LogP) is 3.29. The van der Waals surface area contributed by atoms with E-state index in [1.807, 2.05) is 30.3 Å². The summed E-state index contributed by atoms with van der Waals surface area (Å²) < 4.78 is 16.0. The highest BCUT2D eigenvalue weighted by molar-refractivity contribution is 5.83. The second kappa shape index (κ2) is 6.83. The first kappa shape index (κ1) is 17.2. The molecule has 140 valence electrons. The first-order valence-corrected chi connectivity index (χ1v) is 8.70. The number of rotatable bonds is 3. The number of aromatic amines is 1. The minimum Gasteiger partial charge on any atom is -0.497 e. The summed E-state index contributed by atoms with van der Waals surface area (Å²) in [6.45, 7) is 0.543. The molecule has 1 aromatic carbocycles. The van der Waals surface area contributed by atoms with Crippen LogP contribution in [0.15, 0.2) is 36.5 Å². The van der Waals surface area contributed by atoms with Gasteiger partial charge in [0.15, 0.2) is 0 Å². The van der Waals surface area contributed by atoms with Crippen molar-refractivity contribution in [2.75, 3.05) is 27.9 Å². The molecule has 2 aromatic heterocycles. The van der Waals surface area contributed by atoms with Gasteiger partial charge in [-0.05, 0) is 36.2 Å². The lowest BCUT2D eigenvalue weighted by atomic mass is 9.92. The Morgan fingerprint density at radius 1 is 1.22 bits per heavy atom. The Morgan fingerprint density at radius 2 is 2.07 bits per heavy atom. The predicted molar refractivity (Wildman–Crippen MR) is 100 cm³/mol. The summed E-state index contributed by atoms with van der Waals surface area (Å²) in [4.78, 5) is 22.1. The van der Waals surface area contributed by atoms with Crippen LogP contribution in [0.4, 0.5) is 4.79 Å². The van der Waals surface area contributed by atoms with E-state index < -0.39 is 0 Å². The number of ether oxygens (including phenoxy) is 3. The number of amides is 1. The van der Waals surface area contributed by atoms with Crippen molar-refractivity contribution in [3.8, 4) is 11.5 Å². The third kappa shape index (κ3) is 2.75. The zero-order chi connectivity index (χ0) is 19.0. The highest BCUT2D eigenvalue weighted by Crippen LogP contribution is 2.42. The summed E-state index contributed by atoms with van der Waals surface area (Å²) >= 11 is 0. The van der Waals surface area contributed by atoms with Crippen molar-refractivity contribution in [3.63, 3.8) is 0 Å². The van der Waals surface area contributed by atoms with Crippen molar-refractivity contribution >= 4 is 17.1 Å². The van der Waals surface area contributed by atoms with Gasteiger partial charge in [0.25, 0.3) is 0 Å². The first-order chi connectivity index (χ1) is 13.2. The highest BCUT2D eigenvalue weighted by atomic mass is 16.5. The van der Waals surface area contributed by atoms with Crippen molar-refractivity contribution in [1.29, 1.82) is 0 Å². The Labute approximate surface area is 156 Å². The Balaban J connectivity index is 1.93. The van der Waals surface area contributed by atoms with Crippen LogP contribution in [-0.4, -0.2) is 48.8 Å². The van der Waals surface area contributed by atoms with Gasteiger partial charge in [-0.25, -0.2) is 9.78 Å². The summed E-state index contributed by atoms with van der Waals surface area (Å²) in [7, 11) is 4.61. The SMILES string of the molecule is COC(=O)N1CCc2c([nH]c3ncccc23)C1c1ccc(OC)cc1OC. The fourth-order valence-electron chi connectivity index (χ4n) is 3.80. The number of hydrogen-bond donors (Lipinski definition) is 1. The molecule has 1 atom stereocenters. The van der Waals surface area contributed by atoms with Gasteiger partial charge in [0.2, 0.25) is 0 Å². The number of methoxy groups -OCH3 is 3. The molecule has 4 rings (SSSR count). The molecule has 1 aliphatic rings. The van der Waals surface area contributed by atoms with E-state index in [0.717, 1.165) is 28.7 Å². The zero-order valence-electron chi connectivity index (χ0n) is 15.5. The molecule has 27 heavy (non-hydrogen) atoms. The number of benzene rings is 1. The second-order valence-electron chi connectivity index (χ2n) is 6.34. The maximum Gasteiger partial charge on any atom is 0.410 e. The minimum absolute atomic E-state index is 0.365. The van der Waals surface area contributed by atoms with E-state index >= 15 is 0 Å². The minimum atomic E-state index is -0.380. The van der Waals surface area contributed by atoms with E-state index in [2.05, 4.69) is 9.97 Å². The van der Waals surface area contributed by atoms with Gasteiger partial charge in [-0.3, -0.25) is 4.90 Å².